The maximum Gasteiger partial charge on any atom is 0.408 e. The smallest absolute Gasteiger partial charge is 0.370 e. The third kappa shape index (κ3) is 15.7. The Bertz CT molecular complexity index is 793. The van der Waals surface area contributed by atoms with Gasteiger partial charge in [-0.15, -0.1) is 0 Å². The molecular formula is C15H19F9N8S. The van der Waals surface area contributed by atoms with Crippen LogP contribution in [-0.2, 0) is 0 Å². The van der Waals surface area contributed by atoms with Crippen LogP contribution in [0.3, 0.4) is 0 Å². The minimum absolute atomic E-state index is 0.0104. The third-order valence-electron chi connectivity index (χ3n) is 3.04. The van der Waals surface area contributed by atoms with Gasteiger partial charge in [-0.1, -0.05) is 11.8 Å². The molecule has 33 heavy (non-hydrogen) atoms. The van der Waals surface area contributed by atoms with Crippen molar-refractivity contribution in [1.29, 1.82) is 0 Å². The molecule has 1 aromatic heterocycles. The number of thioether (sulfide) groups is 1. The maximum atomic E-state index is 12.3. The second-order valence-electron chi connectivity index (χ2n) is 6.04. The molecule has 1 heterocycles. The van der Waals surface area contributed by atoms with E-state index in [1.165, 1.54) is 12.3 Å². The van der Waals surface area contributed by atoms with Gasteiger partial charge >= 0.3 is 18.5 Å². The largest absolute Gasteiger partial charge is 0.408 e. The zero-order valence-electron chi connectivity index (χ0n) is 16.6. The Labute approximate surface area is 185 Å². The van der Waals surface area contributed by atoms with Gasteiger partial charge in [0.1, 0.15) is 25.5 Å². The number of rotatable bonds is 9. The predicted octanol–water partition coefficient (Wildman–Crippen LogP) is 2.91. The molecule has 18 heteroatoms. The molecule has 0 saturated carbocycles. The van der Waals surface area contributed by atoms with Gasteiger partial charge in [-0.3, -0.25) is 0 Å². The Morgan fingerprint density at radius 2 is 1.58 bits per heavy atom. The molecule has 0 spiro atoms. The van der Waals surface area contributed by atoms with E-state index < -0.39 is 50.1 Å². The molecular weight excluding hydrogens is 495 g/mol. The van der Waals surface area contributed by atoms with Gasteiger partial charge in [-0.2, -0.15) is 39.5 Å². The van der Waals surface area contributed by atoms with Crippen LogP contribution < -0.4 is 21.7 Å². The molecule has 0 radical (unpaired) electrons. The van der Waals surface area contributed by atoms with Crippen molar-refractivity contribution in [2.24, 2.45) is 15.7 Å². The topological polar surface area (TPSA) is 113 Å². The molecule has 5 N–H and O–H groups in total. The van der Waals surface area contributed by atoms with E-state index in [-0.39, 0.29) is 23.9 Å². The lowest BCUT2D eigenvalue weighted by Crippen LogP contribution is -2.43. The zero-order valence-corrected chi connectivity index (χ0v) is 17.4. The van der Waals surface area contributed by atoms with E-state index in [1.807, 2.05) is 0 Å². The second-order valence-corrected chi connectivity index (χ2v) is 7.11. The number of guanidine groups is 2. The Hall–Kier alpha value is -2.66. The monoisotopic (exact) mass is 514 g/mol. The number of anilines is 1. The number of aromatic nitrogens is 2. The van der Waals surface area contributed by atoms with Gasteiger partial charge in [0.25, 0.3) is 0 Å². The quantitative estimate of drug-likeness (QED) is 0.100. The van der Waals surface area contributed by atoms with E-state index in [1.54, 1.807) is 5.32 Å². The molecule has 0 aromatic carbocycles. The number of aliphatic imine (C=N–C) groups is 2. The second kappa shape index (κ2) is 12.5. The first-order valence-corrected chi connectivity index (χ1v) is 9.87. The fraction of sp³-hybridized carbons (Fsp3) is 0.600. The zero-order chi connectivity index (χ0) is 25.1. The van der Waals surface area contributed by atoms with Crippen LogP contribution in [0.15, 0.2) is 27.4 Å². The van der Waals surface area contributed by atoms with Crippen molar-refractivity contribution in [2.45, 2.75) is 30.1 Å². The van der Waals surface area contributed by atoms with E-state index in [0.29, 0.717) is 5.75 Å². The highest BCUT2D eigenvalue weighted by Gasteiger charge is 2.29. The number of alkyl halides is 9. The molecule has 0 amide bonds. The normalized spacial score (nSPS) is 13.7. The first-order chi connectivity index (χ1) is 15.1. The Kier molecular flexibility index (Phi) is 10.8. The Morgan fingerprint density at radius 1 is 0.939 bits per heavy atom. The summed E-state index contributed by atoms with van der Waals surface area (Å²) in [5.41, 5.74) is 5.34. The summed E-state index contributed by atoms with van der Waals surface area (Å²) in [5.74, 6) is -0.777. The summed E-state index contributed by atoms with van der Waals surface area (Å²) in [5, 5.41) is 6.70. The van der Waals surface area contributed by atoms with Crippen molar-refractivity contribution in [3.63, 3.8) is 0 Å². The lowest BCUT2D eigenvalue weighted by atomic mass is 10.5. The van der Waals surface area contributed by atoms with Crippen molar-refractivity contribution >= 4 is 29.5 Å². The van der Waals surface area contributed by atoms with Crippen LogP contribution in [0.1, 0.15) is 6.42 Å². The van der Waals surface area contributed by atoms with Crippen LogP contribution >= 0.6 is 11.8 Å². The fourth-order valence-corrected chi connectivity index (χ4v) is 2.56. The molecule has 8 nitrogen and oxygen atoms in total. The number of hydrogen-bond donors (Lipinski definition) is 4. The van der Waals surface area contributed by atoms with Gasteiger partial charge in [-0.25, -0.2) is 20.0 Å². The highest BCUT2D eigenvalue weighted by molar-refractivity contribution is 7.99. The average molecular weight is 514 g/mol. The molecule has 0 aliphatic carbocycles. The van der Waals surface area contributed by atoms with Crippen LogP contribution in [-0.4, -0.2) is 72.3 Å². The summed E-state index contributed by atoms with van der Waals surface area (Å²) in [4.78, 5) is 14.1. The molecule has 1 rings (SSSR count). The van der Waals surface area contributed by atoms with Crippen LogP contribution in [0.4, 0.5) is 45.3 Å². The van der Waals surface area contributed by atoms with Gasteiger partial charge in [0, 0.05) is 18.5 Å². The van der Waals surface area contributed by atoms with Crippen LogP contribution in [0, 0.1) is 0 Å². The number of nitrogens with one attached hydrogen (secondary N) is 3. The van der Waals surface area contributed by atoms with Crippen molar-refractivity contribution in [3.05, 3.63) is 12.3 Å². The highest BCUT2D eigenvalue weighted by Crippen LogP contribution is 2.17. The lowest BCUT2D eigenvalue weighted by molar-refractivity contribution is -0.122. The third-order valence-corrected chi connectivity index (χ3v) is 3.98. The summed E-state index contributed by atoms with van der Waals surface area (Å²) in [6.45, 7) is -4.70. The van der Waals surface area contributed by atoms with Gasteiger partial charge in [0.05, 0.1) is 0 Å². The highest BCUT2D eigenvalue weighted by atomic mass is 32.2. The van der Waals surface area contributed by atoms with E-state index >= 15 is 0 Å². The average Bonchev–Trinajstić information content (AvgIpc) is 2.66. The summed E-state index contributed by atoms with van der Waals surface area (Å²) >= 11 is 1.08. The SMILES string of the molecule is NC(=NCC(F)(F)F)Nc1ccnc(SCCCNC(=NCC(F)(F)F)NCC(F)(F)F)n1. The van der Waals surface area contributed by atoms with Gasteiger partial charge in [-0.05, 0) is 12.5 Å². The standard InChI is InChI=1S/C15H19F9N8S/c16-13(17,18)6-28-10(25)31-9-2-4-27-12(32-9)33-5-1-3-26-11(29-7-14(19,20)21)30-8-15(22,23)24/h2,4H,1,3,5-8H2,(H2,26,29,30)(H3,25,27,28,31,32). The van der Waals surface area contributed by atoms with Crippen LogP contribution in [0.25, 0.3) is 0 Å². The summed E-state index contributed by atoms with van der Waals surface area (Å²) < 4.78 is 110. The molecule has 0 unspecified atom stereocenters. The molecule has 188 valence electrons. The van der Waals surface area contributed by atoms with Crippen molar-refractivity contribution < 1.29 is 39.5 Å². The molecule has 0 bridgehead atoms. The molecule has 0 aliphatic heterocycles. The summed E-state index contributed by atoms with van der Waals surface area (Å²) in [7, 11) is 0. The van der Waals surface area contributed by atoms with E-state index in [4.69, 9.17) is 5.73 Å². The summed E-state index contributed by atoms with van der Waals surface area (Å²) in [6.07, 6.45) is -12.3. The van der Waals surface area contributed by atoms with E-state index in [9.17, 15) is 39.5 Å². The van der Waals surface area contributed by atoms with E-state index in [0.717, 1.165) is 11.8 Å². The number of nitrogens with two attached hydrogens (primary N) is 1. The van der Waals surface area contributed by atoms with Gasteiger partial charge < -0.3 is 21.7 Å². The van der Waals surface area contributed by atoms with Crippen LogP contribution in [0.5, 0.6) is 0 Å². The Balaban J connectivity index is 2.51. The Morgan fingerprint density at radius 3 is 2.18 bits per heavy atom. The first kappa shape index (κ1) is 28.4. The van der Waals surface area contributed by atoms with Gasteiger partial charge in [0.15, 0.2) is 17.1 Å². The molecule has 0 fully saturated rings. The fourth-order valence-electron chi connectivity index (χ4n) is 1.79. The molecule has 0 aliphatic rings. The lowest BCUT2D eigenvalue weighted by Gasteiger charge is -2.14. The minimum atomic E-state index is -4.68. The number of halogens is 9. The summed E-state index contributed by atoms with van der Waals surface area (Å²) in [6, 6.07) is 1.33. The van der Waals surface area contributed by atoms with Crippen molar-refractivity contribution in [2.75, 3.05) is 37.2 Å². The number of hydrogen-bond acceptors (Lipinski definition) is 5. The first-order valence-electron chi connectivity index (χ1n) is 8.88. The molecule has 0 atom stereocenters. The van der Waals surface area contributed by atoms with Crippen LogP contribution in [0.2, 0.25) is 0 Å². The predicted molar refractivity (Wildman–Crippen MR) is 104 cm³/mol. The minimum Gasteiger partial charge on any atom is -0.370 e. The maximum absolute atomic E-state index is 12.3. The van der Waals surface area contributed by atoms with Crippen molar-refractivity contribution in [3.8, 4) is 0 Å². The number of nitrogens with zero attached hydrogens (tertiary/aromatic N) is 4. The van der Waals surface area contributed by atoms with Gasteiger partial charge in [0.2, 0.25) is 0 Å². The van der Waals surface area contributed by atoms with Crippen molar-refractivity contribution in [1.82, 2.24) is 20.6 Å². The molecule has 1 aromatic rings. The molecule has 0 saturated heterocycles. The van der Waals surface area contributed by atoms with E-state index in [2.05, 4.69) is 30.6 Å².